The number of hydrogen-bond acceptors (Lipinski definition) is 6. The van der Waals surface area contributed by atoms with Gasteiger partial charge in [-0.15, -0.1) is 22.7 Å². The third kappa shape index (κ3) is 3.74. The number of morpholine rings is 1. The van der Waals surface area contributed by atoms with Gasteiger partial charge in [-0.05, 0) is 6.92 Å². The molecule has 0 saturated carbocycles. The molecule has 0 spiro atoms. The van der Waals surface area contributed by atoms with Crippen molar-refractivity contribution in [2.24, 2.45) is 0 Å². The first-order valence-electron chi connectivity index (χ1n) is 7.62. The highest BCUT2D eigenvalue weighted by Gasteiger charge is 2.27. The molecule has 0 aliphatic carbocycles. The van der Waals surface area contributed by atoms with Gasteiger partial charge in [-0.25, -0.2) is 9.97 Å². The van der Waals surface area contributed by atoms with Gasteiger partial charge in [0, 0.05) is 35.0 Å². The lowest BCUT2D eigenvalue weighted by Crippen LogP contribution is -2.37. The van der Waals surface area contributed by atoms with Crippen molar-refractivity contribution in [1.29, 1.82) is 0 Å². The fraction of sp³-hybridized carbons (Fsp3) is 0.625. The van der Waals surface area contributed by atoms with Crippen LogP contribution in [0.1, 0.15) is 48.3 Å². The molecule has 0 aromatic carbocycles. The molecule has 2 aromatic heterocycles. The quantitative estimate of drug-likeness (QED) is 0.854. The number of aryl methyl sites for hydroxylation is 1. The zero-order chi connectivity index (χ0) is 15.7. The summed E-state index contributed by atoms with van der Waals surface area (Å²) in [6.45, 7) is 12.2. The third-order valence-electron chi connectivity index (χ3n) is 3.74. The van der Waals surface area contributed by atoms with E-state index in [2.05, 4.69) is 41.4 Å². The Balaban J connectivity index is 1.66. The molecule has 120 valence electrons. The van der Waals surface area contributed by atoms with Crippen LogP contribution in [0.5, 0.6) is 0 Å². The summed E-state index contributed by atoms with van der Waals surface area (Å²) in [7, 11) is 0. The van der Waals surface area contributed by atoms with Crippen LogP contribution < -0.4 is 0 Å². The average molecular weight is 338 g/mol. The van der Waals surface area contributed by atoms with Crippen molar-refractivity contribution in [3.05, 3.63) is 32.2 Å². The van der Waals surface area contributed by atoms with E-state index in [0.29, 0.717) is 0 Å². The van der Waals surface area contributed by atoms with Crippen molar-refractivity contribution in [2.75, 3.05) is 19.7 Å². The Labute approximate surface area is 140 Å². The first kappa shape index (κ1) is 16.1. The summed E-state index contributed by atoms with van der Waals surface area (Å²) in [5.41, 5.74) is 2.37. The minimum Gasteiger partial charge on any atom is -0.368 e. The molecule has 2 aromatic rings. The van der Waals surface area contributed by atoms with Gasteiger partial charge < -0.3 is 4.74 Å². The minimum absolute atomic E-state index is 0.0934. The van der Waals surface area contributed by atoms with E-state index in [1.54, 1.807) is 22.7 Å². The Morgan fingerprint density at radius 2 is 2.09 bits per heavy atom. The van der Waals surface area contributed by atoms with E-state index >= 15 is 0 Å². The highest BCUT2D eigenvalue weighted by Crippen LogP contribution is 2.30. The standard InChI is InChI=1S/C16H23N3OS2/c1-11-9-21-14(17-11)8-19-5-6-20-12(7-19)15-18-13(10-22-15)16(2,3)4/h9-10,12H,5-8H2,1-4H3/t12-/m1/s1. The van der Waals surface area contributed by atoms with Crippen molar-refractivity contribution < 1.29 is 4.74 Å². The SMILES string of the molecule is Cc1csc(CN2CCO[C@@H](c3nc(C(C)(C)C)cs3)C2)n1. The Bertz CT molecular complexity index is 629. The van der Waals surface area contributed by atoms with Gasteiger partial charge in [0.1, 0.15) is 16.1 Å². The summed E-state index contributed by atoms with van der Waals surface area (Å²) in [6.07, 6.45) is 0.0934. The van der Waals surface area contributed by atoms with E-state index in [4.69, 9.17) is 9.72 Å². The molecule has 6 heteroatoms. The molecule has 0 amide bonds. The Hall–Kier alpha value is -0.820. The first-order valence-corrected chi connectivity index (χ1v) is 9.38. The number of aromatic nitrogens is 2. The van der Waals surface area contributed by atoms with Crippen LogP contribution >= 0.6 is 22.7 Å². The minimum atomic E-state index is 0.0934. The molecule has 1 atom stereocenters. The van der Waals surface area contributed by atoms with E-state index in [-0.39, 0.29) is 11.5 Å². The molecule has 4 nitrogen and oxygen atoms in total. The molecule has 3 rings (SSSR count). The summed E-state index contributed by atoms with van der Waals surface area (Å²) >= 11 is 3.46. The molecular formula is C16H23N3OS2. The predicted octanol–water partition coefficient (Wildman–Crippen LogP) is 3.78. The number of nitrogens with zero attached hydrogens (tertiary/aromatic N) is 3. The molecule has 0 unspecified atom stereocenters. The van der Waals surface area contributed by atoms with Crippen LogP contribution in [-0.2, 0) is 16.7 Å². The van der Waals surface area contributed by atoms with E-state index in [1.165, 1.54) is 5.01 Å². The summed E-state index contributed by atoms with van der Waals surface area (Å²) in [4.78, 5) is 11.8. The van der Waals surface area contributed by atoms with Crippen LogP contribution in [0, 0.1) is 6.92 Å². The number of ether oxygens (including phenoxy) is 1. The number of hydrogen-bond donors (Lipinski definition) is 0. The molecule has 0 N–H and O–H groups in total. The van der Waals surface area contributed by atoms with Gasteiger partial charge in [0.05, 0.1) is 18.8 Å². The van der Waals surface area contributed by atoms with Crippen molar-refractivity contribution >= 4 is 22.7 Å². The predicted molar refractivity (Wildman–Crippen MR) is 91.6 cm³/mol. The van der Waals surface area contributed by atoms with Crippen molar-refractivity contribution in [1.82, 2.24) is 14.9 Å². The topological polar surface area (TPSA) is 38.2 Å². The maximum Gasteiger partial charge on any atom is 0.123 e. The lowest BCUT2D eigenvalue weighted by molar-refractivity contribution is -0.0331. The highest BCUT2D eigenvalue weighted by molar-refractivity contribution is 7.10. The van der Waals surface area contributed by atoms with E-state index < -0.39 is 0 Å². The Kier molecular flexibility index (Phi) is 4.64. The number of rotatable bonds is 3. The molecule has 3 heterocycles. The lowest BCUT2D eigenvalue weighted by atomic mass is 9.93. The van der Waals surface area contributed by atoms with E-state index in [1.807, 2.05) is 6.92 Å². The molecule has 0 bridgehead atoms. The van der Waals surface area contributed by atoms with Gasteiger partial charge >= 0.3 is 0 Å². The maximum absolute atomic E-state index is 5.95. The molecule has 22 heavy (non-hydrogen) atoms. The van der Waals surface area contributed by atoms with Gasteiger partial charge in [0.2, 0.25) is 0 Å². The Morgan fingerprint density at radius 1 is 1.27 bits per heavy atom. The van der Waals surface area contributed by atoms with E-state index in [0.717, 1.165) is 42.6 Å². The molecule has 1 saturated heterocycles. The van der Waals surface area contributed by atoms with Crippen molar-refractivity contribution in [3.63, 3.8) is 0 Å². The van der Waals surface area contributed by atoms with Crippen LogP contribution in [0.15, 0.2) is 10.8 Å². The summed E-state index contributed by atoms with van der Waals surface area (Å²) in [6, 6.07) is 0. The molecule has 1 fully saturated rings. The molecule has 1 aliphatic heterocycles. The van der Waals surface area contributed by atoms with Gasteiger partial charge in [0.15, 0.2) is 0 Å². The monoisotopic (exact) mass is 337 g/mol. The van der Waals surface area contributed by atoms with Gasteiger partial charge in [-0.2, -0.15) is 0 Å². The zero-order valence-corrected chi connectivity index (χ0v) is 15.3. The second-order valence-corrected chi connectivity index (χ2v) is 8.63. The smallest absolute Gasteiger partial charge is 0.123 e. The van der Waals surface area contributed by atoms with Gasteiger partial charge in [-0.1, -0.05) is 20.8 Å². The van der Waals surface area contributed by atoms with Crippen LogP contribution in [-0.4, -0.2) is 34.6 Å². The van der Waals surface area contributed by atoms with Crippen LogP contribution in [0.2, 0.25) is 0 Å². The molecule has 1 aliphatic rings. The van der Waals surface area contributed by atoms with Crippen LogP contribution in [0.3, 0.4) is 0 Å². The summed E-state index contributed by atoms with van der Waals surface area (Å²) in [5.74, 6) is 0. The second kappa shape index (κ2) is 6.35. The lowest BCUT2D eigenvalue weighted by Gasteiger charge is -2.31. The largest absolute Gasteiger partial charge is 0.368 e. The van der Waals surface area contributed by atoms with Crippen molar-refractivity contribution in [2.45, 2.75) is 45.8 Å². The number of thiazole rings is 2. The van der Waals surface area contributed by atoms with Gasteiger partial charge in [0.25, 0.3) is 0 Å². The first-order chi connectivity index (χ1) is 10.4. The fourth-order valence-electron chi connectivity index (χ4n) is 2.44. The summed E-state index contributed by atoms with van der Waals surface area (Å²) < 4.78 is 5.95. The van der Waals surface area contributed by atoms with Crippen LogP contribution in [0.4, 0.5) is 0 Å². The zero-order valence-electron chi connectivity index (χ0n) is 13.6. The Morgan fingerprint density at radius 3 is 2.73 bits per heavy atom. The van der Waals surface area contributed by atoms with Crippen molar-refractivity contribution in [3.8, 4) is 0 Å². The molecule has 0 radical (unpaired) electrons. The second-order valence-electron chi connectivity index (χ2n) is 6.80. The third-order valence-corrected chi connectivity index (χ3v) is 5.63. The fourth-order valence-corrected chi connectivity index (χ4v) is 4.34. The molecular weight excluding hydrogens is 314 g/mol. The highest BCUT2D eigenvalue weighted by atomic mass is 32.1. The van der Waals surface area contributed by atoms with Gasteiger partial charge in [-0.3, -0.25) is 4.90 Å². The van der Waals surface area contributed by atoms with Crippen LogP contribution in [0.25, 0.3) is 0 Å². The van der Waals surface area contributed by atoms with E-state index in [9.17, 15) is 0 Å². The maximum atomic E-state index is 5.95. The normalized spacial score (nSPS) is 20.5. The average Bonchev–Trinajstić information content (AvgIpc) is 3.08. The summed E-state index contributed by atoms with van der Waals surface area (Å²) in [5, 5.41) is 6.57.